The van der Waals surface area contributed by atoms with Crippen LogP contribution in [0.4, 0.5) is 0 Å². The molecule has 0 saturated carbocycles. The number of amides is 1. The molecule has 4 rings (SSSR count). The lowest BCUT2D eigenvalue weighted by Gasteiger charge is -2.39. The van der Waals surface area contributed by atoms with Crippen molar-refractivity contribution in [3.05, 3.63) is 76.9 Å². The quantitative estimate of drug-likeness (QED) is 0.841. The number of nitriles is 1. The molecule has 1 unspecified atom stereocenters. The third-order valence-corrected chi connectivity index (χ3v) is 4.89. The minimum absolute atomic E-state index is 0.0624. The van der Waals surface area contributed by atoms with E-state index in [1.165, 1.54) is 17.3 Å². The number of hydrazine groups is 1. The zero-order valence-electron chi connectivity index (χ0n) is 14.9. The van der Waals surface area contributed by atoms with Gasteiger partial charge in [0, 0.05) is 30.1 Å². The van der Waals surface area contributed by atoms with Gasteiger partial charge < -0.3 is 10.2 Å². The first kappa shape index (κ1) is 17.5. The van der Waals surface area contributed by atoms with Crippen molar-refractivity contribution in [3.8, 4) is 6.07 Å². The van der Waals surface area contributed by atoms with Gasteiger partial charge in [-0.25, -0.2) is 5.01 Å². The molecule has 2 aromatic heterocycles. The molecule has 2 aromatic rings. The molecule has 0 spiro atoms. The fourth-order valence-electron chi connectivity index (χ4n) is 3.66. The van der Waals surface area contributed by atoms with E-state index in [2.05, 4.69) is 16.5 Å². The largest absolute Gasteiger partial charge is 0.459 e. The van der Waals surface area contributed by atoms with E-state index in [-0.39, 0.29) is 22.9 Å². The normalized spacial score (nSPS) is 19.3. The van der Waals surface area contributed by atoms with E-state index in [1.54, 1.807) is 24.5 Å². The van der Waals surface area contributed by atoms with E-state index in [1.807, 2.05) is 6.07 Å². The Morgan fingerprint density at radius 2 is 2.21 bits per heavy atom. The number of nitrogens with one attached hydrogen (secondary N) is 1. The number of aromatic nitrogens is 1. The van der Waals surface area contributed by atoms with Crippen molar-refractivity contribution in [1.29, 1.82) is 5.26 Å². The number of hydrogen-bond donors (Lipinski definition) is 2. The Hall–Kier alpha value is -3.86. The van der Waals surface area contributed by atoms with Crippen LogP contribution < -0.4 is 11.2 Å². The van der Waals surface area contributed by atoms with Crippen LogP contribution in [0.5, 0.6) is 0 Å². The number of allylic oxidation sites excluding steroid dienone is 3. The molecule has 3 heterocycles. The Morgan fingerprint density at radius 3 is 2.89 bits per heavy atom. The molecule has 2 aliphatic rings. The maximum Gasteiger partial charge on any atom is 0.305 e. The topological polar surface area (TPSA) is 125 Å². The van der Waals surface area contributed by atoms with Crippen LogP contribution in [0, 0.1) is 11.3 Å². The Labute approximate surface area is 160 Å². The molecule has 1 amide bonds. The molecule has 140 valence electrons. The van der Waals surface area contributed by atoms with Crippen molar-refractivity contribution < 1.29 is 14.0 Å². The summed E-state index contributed by atoms with van der Waals surface area (Å²) in [6.45, 7) is 0. The second kappa shape index (κ2) is 7.04. The summed E-state index contributed by atoms with van der Waals surface area (Å²) in [6.07, 6.45) is 6.21. The van der Waals surface area contributed by atoms with E-state index in [4.69, 9.17) is 10.2 Å². The summed E-state index contributed by atoms with van der Waals surface area (Å²) in [5, 5.41) is 11.2. The number of carbonyl (C=O) groups excluding carboxylic acids is 2. The lowest BCUT2D eigenvalue weighted by Crippen LogP contribution is -2.48. The summed E-state index contributed by atoms with van der Waals surface area (Å²) in [5.74, 6) is -0.990. The lowest BCUT2D eigenvalue weighted by molar-refractivity contribution is -0.116. The second-order valence-corrected chi connectivity index (χ2v) is 6.52. The molecule has 3 N–H and O–H groups in total. The summed E-state index contributed by atoms with van der Waals surface area (Å²) in [5.41, 5.74) is 10.9. The lowest BCUT2D eigenvalue weighted by atomic mass is 9.76. The molecule has 8 nitrogen and oxygen atoms in total. The third-order valence-electron chi connectivity index (χ3n) is 4.89. The van der Waals surface area contributed by atoms with Crippen LogP contribution in [0.2, 0.25) is 0 Å². The molecule has 0 fully saturated rings. The number of ketones is 1. The average molecular weight is 375 g/mol. The summed E-state index contributed by atoms with van der Waals surface area (Å²) in [4.78, 5) is 29.4. The minimum Gasteiger partial charge on any atom is -0.459 e. The molecule has 0 bridgehead atoms. The molecule has 1 atom stereocenters. The molecule has 1 aliphatic carbocycles. The van der Waals surface area contributed by atoms with Crippen molar-refractivity contribution in [1.82, 2.24) is 15.4 Å². The van der Waals surface area contributed by atoms with Gasteiger partial charge >= 0.3 is 5.91 Å². The van der Waals surface area contributed by atoms with Gasteiger partial charge in [0.2, 0.25) is 0 Å². The summed E-state index contributed by atoms with van der Waals surface area (Å²) >= 11 is 0. The van der Waals surface area contributed by atoms with E-state index in [9.17, 15) is 14.9 Å². The highest BCUT2D eigenvalue weighted by atomic mass is 16.3. The number of furan rings is 1. The number of nitrogens with zero attached hydrogens (tertiary/aromatic N) is 3. The molecule has 0 saturated heterocycles. The standard InChI is InChI=1S/C20H17N5O3/c21-10-13-17(12-4-2-8-23-11-12)18-14(5-1-6-15(18)26)25(19(13)22)24-20(27)16-7-3-9-28-16/h2-4,7-9,11,17H,1,5-6,22H2,(H,24,27). The third kappa shape index (κ3) is 2.83. The Kier molecular flexibility index (Phi) is 4.41. The summed E-state index contributed by atoms with van der Waals surface area (Å²) < 4.78 is 5.12. The molecule has 0 radical (unpaired) electrons. The van der Waals surface area contributed by atoms with Crippen molar-refractivity contribution in [2.75, 3.05) is 0 Å². The number of rotatable bonds is 3. The molecule has 28 heavy (non-hydrogen) atoms. The second-order valence-electron chi connectivity index (χ2n) is 6.52. The highest BCUT2D eigenvalue weighted by Gasteiger charge is 2.40. The molecule has 1 aliphatic heterocycles. The maximum atomic E-state index is 12.8. The van der Waals surface area contributed by atoms with Crippen LogP contribution in [-0.4, -0.2) is 21.7 Å². The molecular weight excluding hydrogens is 358 g/mol. The average Bonchev–Trinajstić information content (AvgIpc) is 3.25. The van der Waals surface area contributed by atoms with E-state index >= 15 is 0 Å². The number of nitrogens with two attached hydrogens (primary N) is 1. The molecule has 0 aromatic carbocycles. The van der Waals surface area contributed by atoms with Gasteiger partial charge in [-0.2, -0.15) is 5.26 Å². The highest BCUT2D eigenvalue weighted by molar-refractivity contribution is 6.00. The van der Waals surface area contributed by atoms with Gasteiger partial charge in [-0.3, -0.25) is 20.0 Å². The van der Waals surface area contributed by atoms with Gasteiger partial charge in [0.1, 0.15) is 5.82 Å². The van der Waals surface area contributed by atoms with Gasteiger partial charge in [-0.1, -0.05) is 6.07 Å². The van der Waals surface area contributed by atoms with Crippen LogP contribution in [-0.2, 0) is 4.79 Å². The van der Waals surface area contributed by atoms with Crippen molar-refractivity contribution in [2.24, 2.45) is 5.73 Å². The highest BCUT2D eigenvalue weighted by Crippen LogP contribution is 2.43. The Bertz CT molecular complexity index is 1030. The number of carbonyl (C=O) groups is 2. The number of hydrogen-bond acceptors (Lipinski definition) is 7. The van der Waals surface area contributed by atoms with Crippen molar-refractivity contribution >= 4 is 11.7 Å². The van der Waals surface area contributed by atoms with Crippen molar-refractivity contribution in [2.45, 2.75) is 25.2 Å². The van der Waals surface area contributed by atoms with Crippen molar-refractivity contribution in [3.63, 3.8) is 0 Å². The SMILES string of the molecule is N#CC1=C(N)N(NC(=O)c2ccco2)C2=C(C(=O)CCC2)C1c1cccnc1. The molecular formula is C20H17N5O3. The fourth-order valence-corrected chi connectivity index (χ4v) is 3.66. The number of pyridine rings is 1. The van der Waals surface area contributed by atoms with Gasteiger partial charge in [-0.05, 0) is 36.6 Å². The first-order chi connectivity index (χ1) is 13.6. The fraction of sp³-hybridized carbons (Fsp3) is 0.200. The van der Waals surface area contributed by atoms with Gasteiger partial charge in [0.25, 0.3) is 0 Å². The Balaban J connectivity index is 1.83. The van der Waals surface area contributed by atoms with Gasteiger partial charge in [0.15, 0.2) is 11.5 Å². The predicted octanol–water partition coefficient (Wildman–Crippen LogP) is 2.12. The minimum atomic E-state index is -0.599. The zero-order chi connectivity index (χ0) is 19.7. The van der Waals surface area contributed by atoms with Crippen LogP contribution in [0.25, 0.3) is 0 Å². The predicted molar refractivity (Wildman–Crippen MR) is 97.7 cm³/mol. The first-order valence-corrected chi connectivity index (χ1v) is 8.82. The maximum absolute atomic E-state index is 12.8. The van der Waals surface area contributed by atoms with Crippen LogP contribution in [0.1, 0.15) is 41.3 Å². The van der Waals surface area contributed by atoms with Crippen LogP contribution in [0.15, 0.2) is 70.0 Å². The Morgan fingerprint density at radius 1 is 1.36 bits per heavy atom. The summed E-state index contributed by atoms with van der Waals surface area (Å²) in [6, 6.07) is 8.79. The van der Waals surface area contributed by atoms with E-state index < -0.39 is 11.8 Å². The van der Waals surface area contributed by atoms with Crippen LogP contribution >= 0.6 is 0 Å². The number of Topliss-reactive ketones (excluding diaryl/α,β-unsaturated/α-hetero) is 1. The monoisotopic (exact) mass is 375 g/mol. The van der Waals surface area contributed by atoms with Gasteiger partial charge in [0.05, 0.1) is 23.8 Å². The van der Waals surface area contributed by atoms with Gasteiger partial charge in [-0.15, -0.1) is 0 Å². The summed E-state index contributed by atoms with van der Waals surface area (Å²) in [7, 11) is 0. The first-order valence-electron chi connectivity index (χ1n) is 8.82. The van der Waals surface area contributed by atoms with E-state index in [0.29, 0.717) is 36.1 Å². The van der Waals surface area contributed by atoms with E-state index in [0.717, 1.165) is 0 Å². The van der Waals surface area contributed by atoms with Crippen LogP contribution in [0.3, 0.4) is 0 Å². The molecule has 8 heteroatoms. The smallest absolute Gasteiger partial charge is 0.305 e. The zero-order valence-corrected chi connectivity index (χ0v) is 14.9.